The zero-order valence-corrected chi connectivity index (χ0v) is 14.8. The number of rotatable bonds is 3. The van der Waals surface area contributed by atoms with Crippen LogP contribution in [0.2, 0.25) is 5.15 Å². The highest BCUT2D eigenvalue weighted by Crippen LogP contribution is 2.43. The van der Waals surface area contributed by atoms with Crippen molar-refractivity contribution in [2.45, 2.75) is 44.3 Å². The van der Waals surface area contributed by atoms with Crippen LogP contribution in [-0.4, -0.2) is 44.1 Å². The third kappa shape index (κ3) is 3.03. The molecular weight excluding hydrogens is 330 g/mol. The highest BCUT2D eigenvalue weighted by Gasteiger charge is 2.44. The molecule has 2 fully saturated rings. The van der Waals surface area contributed by atoms with Gasteiger partial charge in [0.25, 0.3) is 0 Å². The molecule has 2 atom stereocenters. The second-order valence-electron chi connectivity index (χ2n) is 6.94. The number of ether oxygens (including phenoxy) is 4. The zero-order chi connectivity index (χ0) is 16.6. The van der Waals surface area contributed by atoms with E-state index in [0.717, 1.165) is 55.9 Å². The maximum Gasteiger partial charge on any atom is 0.136 e. The summed E-state index contributed by atoms with van der Waals surface area (Å²) in [6, 6.07) is 1.85. The Hall–Kier alpha value is -0.880. The van der Waals surface area contributed by atoms with E-state index in [0.29, 0.717) is 30.9 Å². The van der Waals surface area contributed by atoms with Gasteiger partial charge in [0.1, 0.15) is 16.5 Å². The maximum absolute atomic E-state index is 6.36. The van der Waals surface area contributed by atoms with Crippen LogP contribution in [0.5, 0.6) is 5.75 Å². The van der Waals surface area contributed by atoms with E-state index in [9.17, 15) is 0 Å². The molecule has 5 nitrogen and oxygen atoms in total. The molecule has 0 saturated carbocycles. The molecule has 2 saturated heterocycles. The number of hydrogen-bond donors (Lipinski definition) is 0. The van der Waals surface area contributed by atoms with Gasteiger partial charge in [0.2, 0.25) is 0 Å². The van der Waals surface area contributed by atoms with E-state index in [1.54, 1.807) is 0 Å². The van der Waals surface area contributed by atoms with Gasteiger partial charge in [0.15, 0.2) is 0 Å². The minimum Gasteiger partial charge on any atom is -0.490 e. The molecule has 1 unspecified atom stereocenters. The van der Waals surface area contributed by atoms with E-state index < -0.39 is 5.60 Å². The van der Waals surface area contributed by atoms with E-state index in [1.807, 2.05) is 6.07 Å². The van der Waals surface area contributed by atoms with Gasteiger partial charge in [-0.05, 0) is 25.7 Å². The second kappa shape index (κ2) is 6.79. The minimum absolute atomic E-state index is 0.134. The normalized spacial score (nSPS) is 28.8. The van der Waals surface area contributed by atoms with Crippen molar-refractivity contribution in [1.82, 2.24) is 4.98 Å². The lowest BCUT2D eigenvalue weighted by Gasteiger charge is -2.35. The summed E-state index contributed by atoms with van der Waals surface area (Å²) in [6.07, 6.45) is 3.85. The molecule has 1 aromatic rings. The summed E-state index contributed by atoms with van der Waals surface area (Å²) in [5.41, 5.74) is 1.60. The van der Waals surface area contributed by atoms with Crippen molar-refractivity contribution in [2.24, 2.45) is 5.92 Å². The van der Waals surface area contributed by atoms with Crippen molar-refractivity contribution < 1.29 is 18.9 Å². The third-order valence-corrected chi connectivity index (χ3v) is 5.64. The number of pyridine rings is 1. The van der Waals surface area contributed by atoms with Gasteiger partial charge in [-0.25, -0.2) is 4.98 Å². The van der Waals surface area contributed by atoms with Gasteiger partial charge in [-0.3, -0.25) is 0 Å². The Balaban J connectivity index is 1.63. The molecule has 1 aromatic heterocycles. The van der Waals surface area contributed by atoms with E-state index in [4.69, 9.17) is 30.5 Å². The van der Waals surface area contributed by atoms with Crippen LogP contribution in [0, 0.1) is 5.92 Å². The molecule has 0 amide bonds. The lowest BCUT2D eigenvalue weighted by Crippen LogP contribution is -2.38. The minimum atomic E-state index is -0.446. The fourth-order valence-electron chi connectivity index (χ4n) is 3.99. The average molecular weight is 354 g/mol. The van der Waals surface area contributed by atoms with Gasteiger partial charge >= 0.3 is 0 Å². The fourth-order valence-corrected chi connectivity index (χ4v) is 4.17. The summed E-state index contributed by atoms with van der Waals surface area (Å²) in [5, 5.41) is 0.458. The van der Waals surface area contributed by atoms with E-state index in [-0.39, 0.29) is 6.10 Å². The van der Waals surface area contributed by atoms with E-state index in [2.05, 4.69) is 11.9 Å². The first-order chi connectivity index (χ1) is 11.7. The van der Waals surface area contributed by atoms with Crippen molar-refractivity contribution >= 4 is 11.6 Å². The molecular formula is C18H24ClNO4. The predicted molar refractivity (Wildman–Crippen MR) is 89.7 cm³/mol. The third-order valence-electron chi connectivity index (χ3n) is 5.44. The van der Waals surface area contributed by atoms with Crippen molar-refractivity contribution in [3.63, 3.8) is 0 Å². The molecule has 0 aromatic carbocycles. The standard InChI is InChI=1S/C18H24ClNO4/c1-12(13-2-6-21-7-3-13)24-15-10-16(19)20-17-14(15)4-8-23-18(17)5-9-22-11-18/h10,12-13H,2-9,11H2,1H3/t12-,18?/m0/s1. The van der Waals surface area contributed by atoms with Gasteiger partial charge < -0.3 is 18.9 Å². The van der Waals surface area contributed by atoms with Crippen molar-refractivity contribution in [2.75, 3.05) is 33.0 Å². The van der Waals surface area contributed by atoms with Crippen LogP contribution in [0.25, 0.3) is 0 Å². The number of nitrogens with zero attached hydrogens (tertiary/aromatic N) is 1. The molecule has 1 spiro atoms. The molecule has 3 aliphatic heterocycles. The summed E-state index contributed by atoms with van der Waals surface area (Å²) in [5.74, 6) is 1.38. The molecule has 3 aliphatic rings. The molecule has 132 valence electrons. The lowest BCUT2D eigenvalue weighted by molar-refractivity contribution is -0.0673. The fraction of sp³-hybridized carbons (Fsp3) is 0.722. The van der Waals surface area contributed by atoms with Crippen molar-refractivity contribution in [1.29, 1.82) is 0 Å². The first-order valence-corrected chi connectivity index (χ1v) is 9.22. The molecule has 4 heterocycles. The Morgan fingerprint density at radius 1 is 1.25 bits per heavy atom. The van der Waals surface area contributed by atoms with Crippen LogP contribution < -0.4 is 4.74 Å². The van der Waals surface area contributed by atoms with Crippen LogP contribution >= 0.6 is 11.6 Å². The first kappa shape index (κ1) is 16.6. The van der Waals surface area contributed by atoms with Crippen LogP contribution in [0.4, 0.5) is 0 Å². The Bertz CT molecular complexity index is 597. The molecule has 24 heavy (non-hydrogen) atoms. The van der Waals surface area contributed by atoms with E-state index in [1.165, 1.54) is 0 Å². The predicted octanol–water partition coefficient (Wildman–Crippen LogP) is 3.12. The van der Waals surface area contributed by atoms with Gasteiger partial charge in [0, 0.05) is 44.3 Å². The average Bonchev–Trinajstić information content (AvgIpc) is 3.06. The monoisotopic (exact) mass is 353 g/mol. The Morgan fingerprint density at radius 2 is 2.08 bits per heavy atom. The zero-order valence-electron chi connectivity index (χ0n) is 14.1. The molecule has 4 rings (SSSR count). The quantitative estimate of drug-likeness (QED) is 0.781. The van der Waals surface area contributed by atoms with Gasteiger partial charge in [-0.2, -0.15) is 0 Å². The number of fused-ring (bicyclic) bond motifs is 2. The number of halogens is 1. The van der Waals surface area contributed by atoms with Crippen molar-refractivity contribution in [3.8, 4) is 5.75 Å². The van der Waals surface area contributed by atoms with Crippen LogP contribution in [0.1, 0.15) is 37.4 Å². The highest BCUT2D eigenvalue weighted by molar-refractivity contribution is 6.29. The SMILES string of the molecule is C[C@H](Oc1cc(Cl)nc2c1CCOC21CCOC1)C1CCOCC1. The summed E-state index contributed by atoms with van der Waals surface area (Å²) < 4.78 is 23.5. The maximum atomic E-state index is 6.36. The van der Waals surface area contributed by atoms with Crippen LogP contribution in [-0.2, 0) is 26.2 Å². The first-order valence-electron chi connectivity index (χ1n) is 8.84. The van der Waals surface area contributed by atoms with Crippen molar-refractivity contribution in [3.05, 3.63) is 22.5 Å². The van der Waals surface area contributed by atoms with Gasteiger partial charge in [0.05, 0.1) is 25.0 Å². The summed E-state index contributed by atoms with van der Waals surface area (Å²) >= 11 is 6.31. The smallest absolute Gasteiger partial charge is 0.136 e. The highest BCUT2D eigenvalue weighted by atomic mass is 35.5. The Labute approximate surface area is 147 Å². The topological polar surface area (TPSA) is 49.8 Å². The molecule has 0 bridgehead atoms. The van der Waals surface area contributed by atoms with Gasteiger partial charge in [-0.15, -0.1) is 0 Å². The number of hydrogen-bond acceptors (Lipinski definition) is 5. The summed E-state index contributed by atoms with van der Waals surface area (Å²) in [6.45, 7) is 5.69. The van der Waals surface area contributed by atoms with E-state index >= 15 is 0 Å². The largest absolute Gasteiger partial charge is 0.490 e. The van der Waals surface area contributed by atoms with Gasteiger partial charge in [-0.1, -0.05) is 11.6 Å². The molecule has 0 N–H and O–H groups in total. The van der Waals surface area contributed by atoms with Crippen LogP contribution in [0.15, 0.2) is 6.07 Å². The Kier molecular flexibility index (Phi) is 4.69. The number of aromatic nitrogens is 1. The second-order valence-corrected chi connectivity index (χ2v) is 7.33. The molecule has 6 heteroatoms. The Morgan fingerprint density at radius 3 is 2.83 bits per heavy atom. The molecule has 0 aliphatic carbocycles. The summed E-state index contributed by atoms with van der Waals surface area (Å²) in [7, 11) is 0. The van der Waals surface area contributed by atoms with Crippen LogP contribution in [0.3, 0.4) is 0 Å². The summed E-state index contributed by atoms with van der Waals surface area (Å²) in [4.78, 5) is 4.59. The lowest BCUT2D eigenvalue weighted by atomic mass is 9.89. The molecule has 0 radical (unpaired) electrons.